The van der Waals surface area contributed by atoms with E-state index >= 15 is 0 Å². The van der Waals surface area contributed by atoms with E-state index in [1.807, 2.05) is 20.8 Å². The molecular weight excluding hydrogens is 494 g/mol. The summed E-state index contributed by atoms with van der Waals surface area (Å²) in [6.07, 6.45) is 1.69. The zero-order valence-corrected chi connectivity index (χ0v) is 22.9. The topological polar surface area (TPSA) is 123 Å². The van der Waals surface area contributed by atoms with E-state index in [0.29, 0.717) is 28.6 Å². The summed E-state index contributed by atoms with van der Waals surface area (Å²) in [4.78, 5) is 21.7. The van der Waals surface area contributed by atoms with Gasteiger partial charge in [0.1, 0.15) is 0 Å². The van der Waals surface area contributed by atoms with Crippen LogP contribution >= 0.6 is 0 Å². The van der Waals surface area contributed by atoms with Crippen LogP contribution in [-0.2, 0) is 21.2 Å². The van der Waals surface area contributed by atoms with Crippen LogP contribution in [0.3, 0.4) is 0 Å². The second-order valence-electron chi connectivity index (χ2n) is 8.95. The molecule has 0 spiro atoms. The van der Waals surface area contributed by atoms with Gasteiger partial charge in [0.2, 0.25) is 21.9 Å². The van der Waals surface area contributed by atoms with E-state index < -0.39 is 10.0 Å². The van der Waals surface area contributed by atoms with E-state index in [4.69, 9.17) is 9.47 Å². The number of amides is 1. The fourth-order valence-electron chi connectivity index (χ4n) is 3.59. The molecule has 1 aromatic heterocycles. The van der Waals surface area contributed by atoms with Crippen LogP contribution in [0, 0.1) is 6.92 Å². The summed E-state index contributed by atoms with van der Waals surface area (Å²) in [5, 5.41) is 6.02. The van der Waals surface area contributed by atoms with Crippen LogP contribution in [0.25, 0.3) is 0 Å². The van der Waals surface area contributed by atoms with Crippen molar-refractivity contribution in [1.29, 1.82) is 0 Å². The van der Waals surface area contributed by atoms with Crippen molar-refractivity contribution in [2.45, 2.75) is 38.0 Å². The van der Waals surface area contributed by atoms with Crippen LogP contribution in [0.2, 0.25) is 0 Å². The molecule has 37 heavy (non-hydrogen) atoms. The normalized spacial score (nSPS) is 11.5. The third-order valence-electron chi connectivity index (χ3n) is 5.69. The highest BCUT2D eigenvalue weighted by Gasteiger charge is 2.19. The summed E-state index contributed by atoms with van der Waals surface area (Å²) >= 11 is 0. The van der Waals surface area contributed by atoms with E-state index in [2.05, 4.69) is 20.6 Å². The van der Waals surface area contributed by atoms with Crippen LogP contribution in [0.1, 0.15) is 36.6 Å². The van der Waals surface area contributed by atoms with Crippen molar-refractivity contribution < 1.29 is 22.7 Å². The molecule has 0 fully saturated rings. The van der Waals surface area contributed by atoms with Gasteiger partial charge in [-0.25, -0.2) is 22.7 Å². The van der Waals surface area contributed by atoms with Gasteiger partial charge in [-0.15, -0.1) is 0 Å². The fraction of sp³-hybridized carbons (Fsp3) is 0.346. The Labute approximate surface area is 218 Å². The minimum atomic E-state index is -3.59. The Kier molecular flexibility index (Phi) is 8.72. The van der Waals surface area contributed by atoms with Gasteiger partial charge in [-0.1, -0.05) is 26.0 Å². The lowest BCUT2D eigenvalue weighted by Gasteiger charge is -2.18. The highest BCUT2D eigenvalue weighted by atomic mass is 32.2. The number of ether oxygens (including phenoxy) is 2. The number of sulfonamides is 1. The SMILES string of the molecule is COc1ccc(CC(=O)Nc2ncc(Nc3cc(S(=O)(=O)N(C)C)ccc3C)c(C(C)C)n2)cc1OC. The first kappa shape index (κ1) is 27.9. The van der Waals surface area contributed by atoms with Gasteiger partial charge < -0.3 is 14.8 Å². The van der Waals surface area contributed by atoms with Crippen LogP contribution in [-0.4, -0.2) is 56.9 Å². The maximum atomic E-state index is 12.7. The number of aryl methyl sites for hydroxylation is 1. The number of carbonyl (C=O) groups is 1. The molecule has 0 atom stereocenters. The molecule has 0 aliphatic heterocycles. The van der Waals surface area contributed by atoms with Crippen molar-refractivity contribution in [3.05, 3.63) is 59.4 Å². The number of anilines is 3. The van der Waals surface area contributed by atoms with Gasteiger partial charge in [0.25, 0.3) is 0 Å². The second-order valence-corrected chi connectivity index (χ2v) is 11.1. The van der Waals surface area contributed by atoms with Gasteiger partial charge in [-0.05, 0) is 48.2 Å². The maximum absolute atomic E-state index is 12.7. The maximum Gasteiger partial charge on any atom is 0.242 e. The summed E-state index contributed by atoms with van der Waals surface area (Å²) in [6.45, 7) is 5.83. The molecule has 0 aliphatic carbocycles. The molecule has 3 rings (SSSR count). The molecule has 1 heterocycles. The zero-order chi connectivity index (χ0) is 27.3. The second kappa shape index (κ2) is 11.6. The van der Waals surface area contributed by atoms with E-state index in [0.717, 1.165) is 11.1 Å². The lowest BCUT2D eigenvalue weighted by Crippen LogP contribution is -2.22. The minimum absolute atomic E-state index is 0.000924. The van der Waals surface area contributed by atoms with Crippen LogP contribution in [0.4, 0.5) is 17.3 Å². The third kappa shape index (κ3) is 6.55. The molecule has 10 nitrogen and oxygen atoms in total. The van der Waals surface area contributed by atoms with Gasteiger partial charge in [-0.2, -0.15) is 0 Å². The Bertz CT molecular complexity index is 1390. The van der Waals surface area contributed by atoms with Crippen molar-refractivity contribution in [3.8, 4) is 11.5 Å². The monoisotopic (exact) mass is 527 g/mol. The molecule has 0 unspecified atom stereocenters. The fourth-order valence-corrected chi connectivity index (χ4v) is 4.52. The number of methoxy groups -OCH3 is 2. The first-order valence-electron chi connectivity index (χ1n) is 11.6. The van der Waals surface area contributed by atoms with E-state index in [1.54, 1.807) is 49.7 Å². The lowest BCUT2D eigenvalue weighted by molar-refractivity contribution is -0.115. The number of benzene rings is 2. The smallest absolute Gasteiger partial charge is 0.242 e. The summed E-state index contributed by atoms with van der Waals surface area (Å²) in [7, 11) is 2.48. The van der Waals surface area contributed by atoms with Crippen molar-refractivity contribution in [2.75, 3.05) is 38.9 Å². The van der Waals surface area contributed by atoms with Crippen LogP contribution in [0.15, 0.2) is 47.5 Å². The number of hydrogen-bond acceptors (Lipinski definition) is 8. The molecule has 2 aromatic carbocycles. The van der Waals surface area contributed by atoms with Gasteiger partial charge in [0.05, 0.1) is 43.1 Å². The highest BCUT2D eigenvalue weighted by Crippen LogP contribution is 2.30. The Balaban J connectivity index is 1.82. The number of nitrogens with zero attached hydrogens (tertiary/aromatic N) is 3. The van der Waals surface area contributed by atoms with Crippen molar-refractivity contribution in [2.24, 2.45) is 0 Å². The third-order valence-corrected chi connectivity index (χ3v) is 7.50. The van der Waals surface area contributed by atoms with Crippen molar-refractivity contribution in [1.82, 2.24) is 14.3 Å². The predicted octanol–water partition coefficient (Wildman–Crippen LogP) is 4.10. The Morgan fingerprint density at radius 2 is 1.73 bits per heavy atom. The molecule has 198 valence electrons. The highest BCUT2D eigenvalue weighted by molar-refractivity contribution is 7.89. The van der Waals surface area contributed by atoms with E-state index in [9.17, 15) is 13.2 Å². The quantitative estimate of drug-likeness (QED) is 0.404. The molecule has 0 saturated heterocycles. The molecule has 0 bridgehead atoms. The molecule has 3 aromatic rings. The first-order valence-corrected chi connectivity index (χ1v) is 13.1. The molecule has 2 N–H and O–H groups in total. The van der Waals surface area contributed by atoms with E-state index in [1.165, 1.54) is 25.5 Å². The number of rotatable bonds is 10. The van der Waals surface area contributed by atoms with E-state index in [-0.39, 0.29) is 29.1 Å². The number of carbonyl (C=O) groups excluding carboxylic acids is 1. The molecule has 0 radical (unpaired) electrons. The average Bonchev–Trinajstić information content (AvgIpc) is 2.85. The zero-order valence-electron chi connectivity index (χ0n) is 22.1. The van der Waals surface area contributed by atoms with Crippen molar-refractivity contribution in [3.63, 3.8) is 0 Å². The van der Waals surface area contributed by atoms with Crippen LogP contribution in [0.5, 0.6) is 11.5 Å². The Morgan fingerprint density at radius 1 is 1.03 bits per heavy atom. The standard InChI is InChI=1S/C26H33N5O5S/c1-16(2)25-21(28-20-14-19(10-8-17(20)3)37(33,34)31(4)5)15-27-26(30-25)29-24(32)13-18-9-11-22(35-6)23(12-18)36-7/h8-12,14-16,28H,13H2,1-7H3,(H,27,29,30,32). The summed E-state index contributed by atoms with van der Waals surface area (Å²) in [6, 6.07) is 10.2. The average molecular weight is 528 g/mol. The van der Waals surface area contributed by atoms with Gasteiger partial charge >= 0.3 is 0 Å². The number of hydrogen-bond donors (Lipinski definition) is 2. The predicted molar refractivity (Wildman–Crippen MR) is 143 cm³/mol. The molecule has 0 saturated carbocycles. The lowest BCUT2D eigenvalue weighted by atomic mass is 10.1. The Morgan fingerprint density at radius 3 is 2.35 bits per heavy atom. The number of aromatic nitrogens is 2. The minimum Gasteiger partial charge on any atom is -0.493 e. The summed E-state index contributed by atoms with van der Waals surface area (Å²) < 4.78 is 36.9. The molecule has 1 amide bonds. The number of nitrogens with one attached hydrogen (secondary N) is 2. The van der Waals surface area contributed by atoms with Gasteiger partial charge in [0, 0.05) is 19.8 Å². The van der Waals surface area contributed by atoms with Crippen molar-refractivity contribution >= 4 is 33.3 Å². The molecule has 11 heteroatoms. The van der Waals surface area contributed by atoms with Crippen LogP contribution < -0.4 is 20.1 Å². The summed E-state index contributed by atoms with van der Waals surface area (Å²) in [5.74, 6) is 1.03. The summed E-state index contributed by atoms with van der Waals surface area (Å²) in [5.41, 5.74) is 3.53. The van der Waals surface area contributed by atoms with Gasteiger partial charge in [0.15, 0.2) is 11.5 Å². The molecule has 0 aliphatic rings. The van der Waals surface area contributed by atoms with Gasteiger partial charge in [-0.3, -0.25) is 10.1 Å². The Hall–Kier alpha value is -3.70. The first-order chi connectivity index (χ1) is 17.5. The molecular formula is C26H33N5O5S. The largest absolute Gasteiger partial charge is 0.493 e.